The molecule has 1 amide bonds. The minimum Gasteiger partial charge on any atom is -0.350 e. The molecule has 2 N–H and O–H groups in total. The number of benzene rings is 1. The van der Waals surface area contributed by atoms with Crippen molar-refractivity contribution < 1.29 is 4.79 Å². The number of pyridine rings is 1. The molecule has 0 unspecified atom stereocenters. The van der Waals surface area contributed by atoms with E-state index in [1.54, 1.807) is 22.8 Å². The highest BCUT2D eigenvalue weighted by atomic mass is 35.5. The molecular weight excluding hydrogens is 412 g/mol. The van der Waals surface area contributed by atoms with Crippen LogP contribution in [0.1, 0.15) is 24.2 Å². The lowest BCUT2D eigenvalue weighted by Gasteiger charge is -2.13. The average molecular weight is 435 g/mol. The summed E-state index contributed by atoms with van der Waals surface area (Å²) in [6.45, 7) is 5.40. The molecule has 158 valence electrons. The molecule has 0 bridgehead atoms. The van der Waals surface area contributed by atoms with Crippen LogP contribution in [0, 0.1) is 0 Å². The summed E-state index contributed by atoms with van der Waals surface area (Å²) >= 11 is 6.25. The van der Waals surface area contributed by atoms with Crippen LogP contribution < -0.4 is 10.6 Å². The molecule has 4 rings (SSSR count). The van der Waals surface area contributed by atoms with Gasteiger partial charge in [-0.2, -0.15) is 5.10 Å². The van der Waals surface area contributed by atoms with Crippen molar-refractivity contribution in [3.05, 3.63) is 71.6 Å². The summed E-state index contributed by atoms with van der Waals surface area (Å²) in [5.74, 6) is -0.204. The number of hydrogen-bond acceptors (Lipinski definition) is 5. The zero-order valence-corrected chi connectivity index (χ0v) is 18.1. The Labute approximate surface area is 185 Å². The number of likely N-dealkylation sites (N-methyl/N-ethyl adjacent to an activating group) is 1. The Morgan fingerprint density at radius 1 is 1.13 bits per heavy atom. The van der Waals surface area contributed by atoms with E-state index >= 15 is 0 Å². The van der Waals surface area contributed by atoms with E-state index in [2.05, 4.69) is 20.7 Å². The SMILES string of the molecule is CCN[C@@H](C)CNC(=O)c1cc(Cl)nc(-c2cnn3ccc(-c4ccccc4)nc23)c1. The molecule has 8 heteroatoms. The molecule has 0 aliphatic heterocycles. The molecule has 0 fully saturated rings. The van der Waals surface area contributed by atoms with Crippen LogP contribution in [-0.2, 0) is 0 Å². The second-order valence-electron chi connectivity index (χ2n) is 7.24. The van der Waals surface area contributed by atoms with Crippen molar-refractivity contribution in [1.82, 2.24) is 30.2 Å². The van der Waals surface area contributed by atoms with Crippen molar-refractivity contribution in [1.29, 1.82) is 0 Å². The Balaban J connectivity index is 1.67. The van der Waals surface area contributed by atoms with Gasteiger partial charge in [-0.25, -0.2) is 14.5 Å². The Morgan fingerprint density at radius 3 is 2.71 bits per heavy atom. The van der Waals surface area contributed by atoms with Crippen LogP contribution in [0.15, 0.2) is 60.9 Å². The predicted molar refractivity (Wildman–Crippen MR) is 122 cm³/mol. The summed E-state index contributed by atoms with van der Waals surface area (Å²) in [6, 6.07) is 15.3. The third-order valence-corrected chi connectivity index (χ3v) is 5.09. The van der Waals surface area contributed by atoms with Gasteiger partial charge in [-0.3, -0.25) is 4.79 Å². The minimum atomic E-state index is -0.204. The van der Waals surface area contributed by atoms with E-state index in [4.69, 9.17) is 16.6 Å². The maximum atomic E-state index is 12.7. The van der Waals surface area contributed by atoms with Crippen LogP contribution in [0.2, 0.25) is 5.15 Å². The fourth-order valence-corrected chi connectivity index (χ4v) is 3.56. The Morgan fingerprint density at radius 2 is 1.94 bits per heavy atom. The van der Waals surface area contributed by atoms with Crippen molar-refractivity contribution in [2.75, 3.05) is 13.1 Å². The first kappa shape index (κ1) is 21.0. The first-order valence-electron chi connectivity index (χ1n) is 10.1. The highest BCUT2D eigenvalue weighted by Gasteiger charge is 2.16. The maximum absolute atomic E-state index is 12.7. The van der Waals surface area contributed by atoms with E-state index in [1.165, 1.54) is 0 Å². The van der Waals surface area contributed by atoms with Crippen LogP contribution in [0.5, 0.6) is 0 Å². The quantitative estimate of drug-likeness (QED) is 0.432. The molecular formula is C23H23ClN6O. The number of hydrogen-bond donors (Lipinski definition) is 2. The zero-order valence-electron chi connectivity index (χ0n) is 17.3. The Hall–Kier alpha value is -3.29. The predicted octanol–water partition coefficient (Wildman–Crippen LogP) is 3.84. The summed E-state index contributed by atoms with van der Waals surface area (Å²) in [6.07, 6.45) is 3.54. The molecule has 0 spiro atoms. The molecule has 7 nitrogen and oxygen atoms in total. The van der Waals surface area contributed by atoms with E-state index in [-0.39, 0.29) is 17.1 Å². The summed E-state index contributed by atoms with van der Waals surface area (Å²) in [5.41, 5.74) is 4.17. The van der Waals surface area contributed by atoms with Gasteiger partial charge in [-0.1, -0.05) is 48.9 Å². The van der Waals surface area contributed by atoms with Crippen molar-refractivity contribution >= 4 is 23.2 Å². The average Bonchev–Trinajstić information content (AvgIpc) is 3.21. The van der Waals surface area contributed by atoms with Crippen LogP contribution in [0.3, 0.4) is 0 Å². The highest BCUT2D eigenvalue weighted by molar-refractivity contribution is 6.30. The molecule has 0 radical (unpaired) electrons. The summed E-state index contributed by atoms with van der Waals surface area (Å²) in [5, 5.41) is 10.8. The molecule has 3 aromatic heterocycles. The third-order valence-electron chi connectivity index (χ3n) is 4.89. The molecule has 0 aliphatic carbocycles. The topological polar surface area (TPSA) is 84.2 Å². The van der Waals surface area contributed by atoms with E-state index < -0.39 is 0 Å². The molecule has 1 atom stereocenters. The van der Waals surface area contributed by atoms with Crippen LogP contribution in [0.25, 0.3) is 28.2 Å². The van der Waals surface area contributed by atoms with Gasteiger partial charge >= 0.3 is 0 Å². The monoisotopic (exact) mass is 434 g/mol. The van der Waals surface area contributed by atoms with E-state index in [0.29, 0.717) is 29.0 Å². The number of halogens is 1. The van der Waals surface area contributed by atoms with Crippen molar-refractivity contribution in [2.24, 2.45) is 0 Å². The lowest BCUT2D eigenvalue weighted by Crippen LogP contribution is -2.38. The number of amides is 1. The number of carbonyl (C=O) groups excluding carboxylic acids is 1. The van der Waals surface area contributed by atoms with Crippen LogP contribution in [-0.4, -0.2) is 44.6 Å². The number of carbonyl (C=O) groups is 1. The standard InChI is InChI=1S/C23H23ClN6O/c1-3-25-15(2)13-26-23(31)17-11-20(28-21(24)12-17)18-14-27-30-10-9-19(29-22(18)30)16-7-5-4-6-8-16/h4-12,14-15,25H,3,13H2,1-2H3,(H,26,31)/t15-/m0/s1. The van der Waals surface area contributed by atoms with Gasteiger partial charge in [-0.15, -0.1) is 0 Å². The van der Waals surface area contributed by atoms with Gasteiger partial charge in [0.15, 0.2) is 5.65 Å². The molecule has 0 aliphatic rings. The Kier molecular flexibility index (Phi) is 6.25. The van der Waals surface area contributed by atoms with Gasteiger partial charge < -0.3 is 10.6 Å². The van der Waals surface area contributed by atoms with Gasteiger partial charge in [0, 0.05) is 29.9 Å². The number of nitrogens with one attached hydrogen (secondary N) is 2. The number of nitrogens with zero attached hydrogens (tertiary/aromatic N) is 4. The number of fused-ring (bicyclic) bond motifs is 1. The van der Waals surface area contributed by atoms with E-state index in [0.717, 1.165) is 17.8 Å². The smallest absolute Gasteiger partial charge is 0.251 e. The highest BCUT2D eigenvalue weighted by Crippen LogP contribution is 2.26. The molecule has 1 aromatic carbocycles. The second-order valence-corrected chi connectivity index (χ2v) is 7.63. The fourth-order valence-electron chi connectivity index (χ4n) is 3.35. The van der Waals surface area contributed by atoms with Crippen LogP contribution >= 0.6 is 11.6 Å². The second kappa shape index (κ2) is 9.24. The summed E-state index contributed by atoms with van der Waals surface area (Å²) < 4.78 is 1.68. The number of rotatable bonds is 7. The molecule has 31 heavy (non-hydrogen) atoms. The summed E-state index contributed by atoms with van der Waals surface area (Å²) in [4.78, 5) is 21.9. The maximum Gasteiger partial charge on any atom is 0.251 e. The molecule has 3 heterocycles. The summed E-state index contributed by atoms with van der Waals surface area (Å²) in [7, 11) is 0. The van der Waals surface area contributed by atoms with Crippen molar-refractivity contribution in [3.63, 3.8) is 0 Å². The van der Waals surface area contributed by atoms with Gasteiger partial charge in [-0.05, 0) is 31.7 Å². The lowest BCUT2D eigenvalue weighted by molar-refractivity contribution is 0.0950. The first-order chi connectivity index (χ1) is 15.0. The normalized spacial score (nSPS) is 12.1. The van der Waals surface area contributed by atoms with Gasteiger partial charge in [0.1, 0.15) is 5.15 Å². The van der Waals surface area contributed by atoms with Gasteiger partial charge in [0.2, 0.25) is 0 Å². The molecule has 4 aromatic rings. The van der Waals surface area contributed by atoms with Gasteiger partial charge in [0.05, 0.1) is 23.1 Å². The third kappa shape index (κ3) is 4.73. The van der Waals surface area contributed by atoms with Crippen molar-refractivity contribution in [3.8, 4) is 22.5 Å². The van der Waals surface area contributed by atoms with Crippen molar-refractivity contribution in [2.45, 2.75) is 19.9 Å². The first-order valence-corrected chi connectivity index (χ1v) is 10.5. The Bertz CT molecular complexity index is 1210. The molecule has 0 saturated carbocycles. The van der Waals surface area contributed by atoms with E-state index in [1.807, 2.05) is 56.4 Å². The van der Waals surface area contributed by atoms with E-state index in [9.17, 15) is 4.79 Å². The zero-order chi connectivity index (χ0) is 21.8. The molecule has 0 saturated heterocycles. The lowest BCUT2D eigenvalue weighted by atomic mass is 10.1. The fraction of sp³-hybridized carbons (Fsp3) is 0.217. The largest absolute Gasteiger partial charge is 0.350 e. The van der Waals surface area contributed by atoms with Crippen LogP contribution in [0.4, 0.5) is 0 Å². The number of aromatic nitrogens is 4. The van der Waals surface area contributed by atoms with Gasteiger partial charge in [0.25, 0.3) is 5.91 Å². The minimum absolute atomic E-state index is 0.172.